The molecule has 0 atom stereocenters. The lowest BCUT2D eigenvalue weighted by molar-refractivity contribution is -0.117. The Morgan fingerprint density at radius 1 is 1.35 bits per heavy atom. The molecule has 5 nitrogen and oxygen atoms in total. The van der Waals surface area contributed by atoms with Gasteiger partial charge in [-0.1, -0.05) is 6.58 Å². The maximum Gasteiger partial charge on any atom is 0.243 e. The molecule has 124 valence electrons. The number of pyridine rings is 1. The Kier molecular flexibility index (Phi) is 4.55. The number of nitrogens with two attached hydrogens (primary N) is 1. The van der Waals surface area contributed by atoms with Crippen LogP contribution >= 0.6 is 0 Å². The summed E-state index contributed by atoms with van der Waals surface area (Å²) < 4.78 is 0. The molecule has 0 bridgehead atoms. The van der Waals surface area contributed by atoms with Crippen LogP contribution in [0.5, 0.6) is 0 Å². The van der Waals surface area contributed by atoms with Crippen molar-refractivity contribution in [2.45, 2.75) is 44.6 Å². The van der Waals surface area contributed by atoms with Crippen LogP contribution in [0.3, 0.4) is 0 Å². The van der Waals surface area contributed by atoms with Gasteiger partial charge in [0.25, 0.3) is 0 Å². The molecule has 1 amide bonds. The molecule has 1 aliphatic carbocycles. The highest BCUT2D eigenvalue weighted by molar-refractivity contribution is 5.87. The van der Waals surface area contributed by atoms with Crippen LogP contribution in [-0.4, -0.2) is 30.0 Å². The van der Waals surface area contributed by atoms with E-state index in [2.05, 4.69) is 21.8 Å². The summed E-state index contributed by atoms with van der Waals surface area (Å²) >= 11 is 0. The maximum atomic E-state index is 11.4. The first-order valence-corrected chi connectivity index (χ1v) is 8.50. The summed E-state index contributed by atoms with van der Waals surface area (Å²) in [6, 6.07) is 4.32. The van der Waals surface area contributed by atoms with E-state index < -0.39 is 0 Å². The molecule has 3 N–H and O–H groups in total. The first-order valence-electron chi connectivity index (χ1n) is 8.50. The first-order chi connectivity index (χ1) is 11.1. The van der Waals surface area contributed by atoms with Crippen LogP contribution in [0.15, 0.2) is 31.0 Å². The van der Waals surface area contributed by atoms with Gasteiger partial charge in [-0.25, -0.2) is 4.98 Å². The number of anilines is 2. The van der Waals surface area contributed by atoms with E-state index in [4.69, 9.17) is 5.73 Å². The highest BCUT2D eigenvalue weighted by atomic mass is 16.1. The third kappa shape index (κ3) is 3.66. The molecule has 0 radical (unpaired) electrons. The number of carbonyl (C=O) groups is 1. The molecule has 1 aromatic rings. The van der Waals surface area contributed by atoms with Crippen LogP contribution in [0.1, 0.15) is 38.5 Å². The highest BCUT2D eigenvalue weighted by Crippen LogP contribution is 2.45. The Morgan fingerprint density at radius 2 is 2.04 bits per heavy atom. The molecule has 23 heavy (non-hydrogen) atoms. The third-order valence-electron chi connectivity index (χ3n) is 5.53. The van der Waals surface area contributed by atoms with Crippen LogP contribution < -0.4 is 16.0 Å². The zero-order valence-electron chi connectivity index (χ0n) is 13.6. The molecule has 1 aromatic heterocycles. The average molecular weight is 314 g/mol. The number of hydrogen-bond acceptors (Lipinski definition) is 4. The molecular formula is C18H26N4O. The van der Waals surface area contributed by atoms with Gasteiger partial charge >= 0.3 is 0 Å². The third-order valence-corrected chi connectivity index (χ3v) is 5.53. The second-order valence-corrected chi connectivity index (χ2v) is 6.91. The summed E-state index contributed by atoms with van der Waals surface area (Å²) in [7, 11) is 0. The number of rotatable bonds is 3. The molecule has 2 fully saturated rings. The van der Waals surface area contributed by atoms with Crippen LogP contribution in [0, 0.1) is 5.41 Å². The fraction of sp³-hybridized carbons (Fsp3) is 0.556. The van der Waals surface area contributed by atoms with Crippen molar-refractivity contribution in [1.82, 2.24) is 10.3 Å². The standard InChI is InChI=1S/C18H26N4O/c1-2-17(23)21-14-3-6-18(7-4-14)8-11-22(12-9-18)15-5-10-20-16(19)13-15/h2,5,10,13-14H,1,3-4,6-9,11-12H2,(H2,19,20)(H,21,23). The van der Waals surface area contributed by atoms with Crippen molar-refractivity contribution in [2.75, 3.05) is 23.7 Å². The number of carbonyl (C=O) groups excluding carboxylic acids is 1. The van der Waals surface area contributed by atoms with Crippen molar-refractivity contribution in [1.29, 1.82) is 0 Å². The minimum absolute atomic E-state index is 0.0453. The first kappa shape index (κ1) is 15.8. The number of piperidine rings is 1. The van der Waals surface area contributed by atoms with Gasteiger partial charge in [-0.15, -0.1) is 0 Å². The van der Waals surface area contributed by atoms with Crippen molar-refractivity contribution >= 4 is 17.4 Å². The molecule has 3 rings (SSSR count). The molecule has 2 heterocycles. The Morgan fingerprint density at radius 3 is 2.65 bits per heavy atom. The minimum atomic E-state index is -0.0453. The van der Waals surface area contributed by atoms with Crippen molar-refractivity contribution in [2.24, 2.45) is 5.41 Å². The molecule has 0 unspecified atom stereocenters. The summed E-state index contributed by atoms with van der Waals surface area (Å²) in [5.41, 5.74) is 7.43. The molecule has 5 heteroatoms. The number of nitrogens with one attached hydrogen (secondary N) is 1. The van der Waals surface area contributed by atoms with Crippen LogP contribution in [-0.2, 0) is 4.79 Å². The number of nitrogens with zero attached hydrogens (tertiary/aromatic N) is 2. The van der Waals surface area contributed by atoms with E-state index in [-0.39, 0.29) is 5.91 Å². The molecule has 0 aromatic carbocycles. The number of amides is 1. The fourth-order valence-electron chi connectivity index (χ4n) is 4.01. The number of nitrogen functional groups attached to an aromatic ring is 1. The van der Waals surface area contributed by atoms with E-state index in [1.807, 2.05) is 12.1 Å². The van der Waals surface area contributed by atoms with Crippen molar-refractivity contribution < 1.29 is 4.79 Å². The van der Waals surface area contributed by atoms with Gasteiger partial charge in [-0.2, -0.15) is 0 Å². The van der Waals surface area contributed by atoms with Gasteiger partial charge in [0.05, 0.1) is 0 Å². The molecule has 1 aliphatic heterocycles. The Labute approximate surface area is 138 Å². The Balaban J connectivity index is 1.53. The van der Waals surface area contributed by atoms with Gasteiger partial charge in [0, 0.05) is 37.1 Å². The van der Waals surface area contributed by atoms with E-state index in [9.17, 15) is 4.79 Å². The summed E-state index contributed by atoms with van der Waals surface area (Å²) in [5.74, 6) is 0.539. The average Bonchev–Trinajstić information content (AvgIpc) is 2.58. The van der Waals surface area contributed by atoms with E-state index in [1.54, 1.807) is 6.20 Å². The molecule has 2 aliphatic rings. The van der Waals surface area contributed by atoms with Gasteiger partial charge in [-0.05, 0) is 56.1 Å². The van der Waals surface area contributed by atoms with Gasteiger partial charge in [0.1, 0.15) is 5.82 Å². The smallest absolute Gasteiger partial charge is 0.243 e. The van der Waals surface area contributed by atoms with E-state index in [0.717, 1.165) is 25.9 Å². The summed E-state index contributed by atoms with van der Waals surface area (Å²) in [4.78, 5) is 17.9. The minimum Gasteiger partial charge on any atom is -0.384 e. The lowest BCUT2D eigenvalue weighted by Crippen LogP contribution is -2.45. The zero-order valence-corrected chi connectivity index (χ0v) is 13.6. The predicted molar refractivity (Wildman–Crippen MR) is 93.1 cm³/mol. The highest BCUT2D eigenvalue weighted by Gasteiger charge is 2.38. The normalized spacial score (nSPS) is 21.1. The molecular weight excluding hydrogens is 288 g/mol. The van der Waals surface area contributed by atoms with Crippen molar-refractivity contribution in [3.05, 3.63) is 31.0 Å². The van der Waals surface area contributed by atoms with Crippen molar-refractivity contribution in [3.8, 4) is 0 Å². The van der Waals surface area contributed by atoms with Crippen LogP contribution in [0.4, 0.5) is 11.5 Å². The predicted octanol–water partition coefficient (Wildman–Crippen LogP) is 2.50. The van der Waals surface area contributed by atoms with E-state index >= 15 is 0 Å². The monoisotopic (exact) mass is 314 g/mol. The van der Waals surface area contributed by atoms with Crippen LogP contribution in [0.2, 0.25) is 0 Å². The topological polar surface area (TPSA) is 71.2 Å². The Bertz CT molecular complexity index is 568. The van der Waals surface area contributed by atoms with Crippen molar-refractivity contribution in [3.63, 3.8) is 0 Å². The quantitative estimate of drug-likeness (QED) is 0.841. The maximum absolute atomic E-state index is 11.4. The summed E-state index contributed by atoms with van der Waals surface area (Å²) in [5, 5.41) is 3.04. The van der Waals surface area contributed by atoms with Gasteiger partial charge in [-0.3, -0.25) is 4.79 Å². The summed E-state index contributed by atoms with van der Waals surface area (Å²) in [6.07, 6.45) is 10.2. The second kappa shape index (κ2) is 6.60. The largest absolute Gasteiger partial charge is 0.384 e. The summed E-state index contributed by atoms with van der Waals surface area (Å²) in [6.45, 7) is 5.67. The van der Waals surface area contributed by atoms with E-state index in [1.165, 1.54) is 37.4 Å². The van der Waals surface area contributed by atoms with Gasteiger partial charge in [0.15, 0.2) is 0 Å². The zero-order chi connectivity index (χ0) is 16.3. The van der Waals surface area contributed by atoms with E-state index in [0.29, 0.717) is 17.3 Å². The Hall–Kier alpha value is -2.04. The van der Waals surface area contributed by atoms with Gasteiger partial charge < -0.3 is 16.0 Å². The molecule has 1 spiro atoms. The van der Waals surface area contributed by atoms with Crippen LogP contribution in [0.25, 0.3) is 0 Å². The SMILES string of the molecule is C=CC(=O)NC1CCC2(CC1)CCN(c1ccnc(N)c1)CC2. The lowest BCUT2D eigenvalue weighted by Gasteiger charge is -2.46. The molecule has 1 saturated heterocycles. The molecule has 1 saturated carbocycles. The number of aromatic nitrogens is 1. The fourth-order valence-corrected chi connectivity index (χ4v) is 4.01. The lowest BCUT2D eigenvalue weighted by atomic mass is 9.67. The number of hydrogen-bond donors (Lipinski definition) is 2. The second-order valence-electron chi connectivity index (χ2n) is 6.91. The van der Waals surface area contributed by atoms with Gasteiger partial charge in [0.2, 0.25) is 5.91 Å².